The Balaban J connectivity index is 2.41. The van der Waals surface area contributed by atoms with Crippen molar-refractivity contribution in [1.29, 1.82) is 0 Å². The number of carbonyl (C=O) groups excluding carboxylic acids is 1. The van der Waals surface area contributed by atoms with E-state index in [4.69, 9.17) is 10.5 Å². The van der Waals surface area contributed by atoms with Gasteiger partial charge in [0, 0.05) is 6.04 Å². The first-order valence-electron chi connectivity index (χ1n) is 5.28. The van der Waals surface area contributed by atoms with Crippen LogP contribution in [0.3, 0.4) is 0 Å². The maximum Gasteiger partial charge on any atom is 0.407 e. The van der Waals surface area contributed by atoms with Crippen molar-refractivity contribution < 1.29 is 9.53 Å². The molecule has 4 nitrogen and oxygen atoms in total. The zero-order chi connectivity index (χ0) is 11.5. The molecule has 0 saturated heterocycles. The van der Waals surface area contributed by atoms with Crippen molar-refractivity contribution in [2.75, 3.05) is 0 Å². The summed E-state index contributed by atoms with van der Waals surface area (Å²) in [6.45, 7) is 5.52. The molecule has 15 heavy (non-hydrogen) atoms. The topological polar surface area (TPSA) is 64.3 Å². The van der Waals surface area contributed by atoms with E-state index in [1.807, 2.05) is 32.9 Å². The number of ether oxygens (including phenoxy) is 1. The summed E-state index contributed by atoms with van der Waals surface area (Å²) in [6.07, 6.45) is 5.27. The number of nitrogens with two attached hydrogens (primary N) is 1. The molecule has 0 aromatic carbocycles. The van der Waals surface area contributed by atoms with Crippen LogP contribution in [0.2, 0.25) is 0 Å². The summed E-state index contributed by atoms with van der Waals surface area (Å²) in [5.74, 6) is 0. The third-order valence-electron chi connectivity index (χ3n) is 2.18. The zero-order valence-electron chi connectivity index (χ0n) is 9.62. The van der Waals surface area contributed by atoms with E-state index in [9.17, 15) is 4.79 Å². The van der Waals surface area contributed by atoms with Crippen molar-refractivity contribution in [2.45, 2.75) is 51.3 Å². The molecule has 0 aromatic rings. The lowest BCUT2D eigenvalue weighted by molar-refractivity contribution is 0.0496. The summed E-state index contributed by atoms with van der Waals surface area (Å²) in [5, 5.41) is 2.79. The molecule has 0 spiro atoms. The van der Waals surface area contributed by atoms with E-state index in [1.165, 1.54) is 0 Å². The molecule has 3 N–H and O–H groups in total. The summed E-state index contributed by atoms with van der Waals surface area (Å²) < 4.78 is 5.16. The van der Waals surface area contributed by atoms with Crippen LogP contribution in [0, 0.1) is 0 Å². The average molecular weight is 212 g/mol. The van der Waals surface area contributed by atoms with Gasteiger partial charge in [0.05, 0.1) is 6.04 Å². The molecule has 0 fully saturated rings. The van der Waals surface area contributed by atoms with Crippen LogP contribution in [0.25, 0.3) is 0 Å². The predicted octanol–water partition coefficient (Wildman–Crippen LogP) is 1.56. The summed E-state index contributed by atoms with van der Waals surface area (Å²) in [7, 11) is 0. The van der Waals surface area contributed by atoms with Crippen LogP contribution in [0.4, 0.5) is 4.79 Å². The smallest absolute Gasteiger partial charge is 0.407 e. The Kier molecular flexibility index (Phi) is 3.74. The van der Waals surface area contributed by atoms with Gasteiger partial charge in [0.25, 0.3) is 0 Å². The molecule has 86 valence electrons. The molecule has 0 saturated carbocycles. The summed E-state index contributed by atoms with van der Waals surface area (Å²) in [6, 6.07) is -0.0210. The number of alkyl carbamates (subject to hydrolysis) is 1. The number of carbonyl (C=O) groups is 1. The van der Waals surface area contributed by atoms with Gasteiger partial charge in [0.2, 0.25) is 0 Å². The molecule has 1 aliphatic rings. The molecule has 1 aliphatic carbocycles. The summed E-state index contributed by atoms with van der Waals surface area (Å²) >= 11 is 0. The van der Waals surface area contributed by atoms with E-state index in [1.54, 1.807) is 0 Å². The van der Waals surface area contributed by atoms with E-state index >= 15 is 0 Å². The van der Waals surface area contributed by atoms with Gasteiger partial charge >= 0.3 is 6.09 Å². The highest BCUT2D eigenvalue weighted by Gasteiger charge is 2.23. The van der Waals surface area contributed by atoms with Gasteiger partial charge in [0.1, 0.15) is 5.60 Å². The van der Waals surface area contributed by atoms with Crippen LogP contribution in [0.1, 0.15) is 33.6 Å². The number of amides is 1. The van der Waals surface area contributed by atoms with E-state index in [2.05, 4.69) is 5.32 Å². The fourth-order valence-electron chi connectivity index (χ4n) is 1.46. The second-order valence-electron chi connectivity index (χ2n) is 4.86. The Hall–Kier alpha value is -1.03. The van der Waals surface area contributed by atoms with Gasteiger partial charge < -0.3 is 15.8 Å². The molecule has 0 unspecified atom stereocenters. The minimum absolute atomic E-state index is 0.00940. The van der Waals surface area contributed by atoms with Gasteiger partial charge in [-0.25, -0.2) is 4.79 Å². The third kappa shape index (κ3) is 4.34. The Bertz CT molecular complexity index is 256. The van der Waals surface area contributed by atoms with Crippen LogP contribution < -0.4 is 11.1 Å². The fourth-order valence-corrected chi connectivity index (χ4v) is 1.46. The molecule has 0 radical (unpaired) electrons. The summed E-state index contributed by atoms with van der Waals surface area (Å²) in [4.78, 5) is 11.5. The largest absolute Gasteiger partial charge is 0.444 e. The Morgan fingerprint density at radius 3 is 2.53 bits per heavy atom. The quantitative estimate of drug-likeness (QED) is 0.648. The molecular weight excluding hydrogens is 192 g/mol. The van der Waals surface area contributed by atoms with Crippen LogP contribution in [-0.2, 0) is 4.74 Å². The maximum absolute atomic E-state index is 11.5. The number of rotatable bonds is 1. The average Bonchev–Trinajstić information content (AvgIpc) is 2.05. The van der Waals surface area contributed by atoms with E-state index < -0.39 is 11.7 Å². The first kappa shape index (κ1) is 12.0. The Morgan fingerprint density at radius 2 is 2.00 bits per heavy atom. The van der Waals surface area contributed by atoms with Crippen molar-refractivity contribution in [3.63, 3.8) is 0 Å². The first-order chi connectivity index (χ1) is 6.88. The lowest BCUT2D eigenvalue weighted by Crippen LogP contribution is -2.49. The van der Waals surface area contributed by atoms with Crippen molar-refractivity contribution >= 4 is 6.09 Å². The first-order valence-corrected chi connectivity index (χ1v) is 5.28. The third-order valence-corrected chi connectivity index (χ3v) is 2.18. The van der Waals surface area contributed by atoms with Gasteiger partial charge in [-0.15, -0.1) is 0 Å². The second kappa shape index (κ2) is 4.66. The molecule has 1 amide bonds. The van der Waals surface area contributed by atoms with Gasteiger partial charge in [0.15, 0.2) is 0 Å². The minimum atomic E-state index is -0.460. The van der Waals surface area contributed by atoms with Gasteiger partial charge in [-0.1, -0.05) is 12.2 Å². The second-order valence-corrected chi connectivity index (χ2v) is 4.86. The molecule has 0 heterocycles. The molecule has 0 aliphatic heterocycles. The van der Waals surface area contributed by atoms with Gasteiger partial charge in [-0.05, 0) is 33.6 Å². The van der Waals surface area contributed by atoms with Crippen LogP contribution in [0.5, 0.6) is 0 Å². The molecule has 0 bridgehead atoms. The highest BCUT2D eigenvalue weighted by atomic mass is 16.6. The van der Waals surface area contributed by atoms with E-state index in [0.717, 1.165) is 12.8 Å². The number of hydrogen-bond acceptors (Lipinski definition) is 3. The maximum atomic E-state index is 11.5. The SMILES string of the molecule is CC(C)(C)OC(=O)N[C@H]1CC=CC[C@H]1N. The Morgan fingerprint density at radius 1 is 1.40 bits per heavy atom. The highest BCUT2D eigenvalue weighted by Crippen LogP contribution is 2.12. The lowest BCUT2D eigenvalue weighted by Gasteiger charge is -2.28. The van der Waals surface area contributed by atoms with Gasteiger partial charge in [-0.3, -0.25) is 0 Å². The fraction of sp³-hybridized carbons (Fsp3) is 0.727. The van der Waals surface area contributed by atoms with Crippen molar-refractivity contribution in [1.82, 2.24) is 5.32 Å². The monoisotopic (exact) mass is 212 g/mol. The molecule has 0 aromatic heterocycles. The van der Waals surface area contributed by atoms with E-state index in [-0.39, 0.29) is 12.1 Å². The number of nitrogens with one attached hydrogen (secondary N) is 1. The van der Waals surface area contributed by atoms with Crippen LogP contribution in [0.15, 0.2) is 12.2 Å². The van der Waals surface area contributed by atoms with Crippen molar-refractivity contribution in [3.8, 4) is 0 Å². The predicted molar refractivity (Wildman–Crippen MR) is 59.5 cm³/mol. The highest BCUT2D eigenvalue weighted by molar-refractivity contribution is 5.68. The molecule has 2 atom stereocenters. The minimum Gasteiger partial charge on any atom is -0.444 e. The Labute approximate surface area is 90.9 Å². The normalized spacial score (nSPS) is 26.1. The van der Waals surface area contributed by atoms with Crippen LogP contribution in [-0.4, -0.2) is 23.8 Å². The van der Waals surface area contributed by atoms with E-state index in [0.29, 0.717) is 0 Å². The zero-order valence-corrected chi connectivity index (χ0v) is 9.62. The number of hydrogen-bond donors (Lipinski definition) is 2. The standard InChI is InChI=1S/C11H20N2O2/c1-11(2,3)15-10(14)13-9-7-5-4-6-8(9)12/h4-5,8-9H,6-7,12H2,1-3H3,(H,13,14)/t8-,9+/m1/s1. The summed E-state index contributed by atoms with van der Waals surface area (Å²) in [5.41, 5.74) is 5.41. The van der Waals surface area contributed by atoms with Crippen LogP contribution >= 0.6 is 0 Å². The van der Waals surface area contributed by atoms with Crippen molar-refractivity contribution in [3.05, 3.63) is 12.2 Å². The molecule has 4 heteroatoms. The molecular formula is C11H20N2O2. The lowest BCUT2D eigenvalue weighted by atomic mass is 9.97. The molecule has 1 rings (SSSR count). The van der Waals surface area contributed by atoms with Gasteiger partial charge in [-0.2, -0.15) is 0 Å². The van der Waals surface area contributed by atoms with Crippen molar-refractivity contribution in [2.24, 2.45) is 5.73 Å².